The van der Waals surface area contributed by atoms with Gasteiger partial charge in [0.15, 0.2) is 0 Å². The number of benzene rings is 1. The van der Waals surface area contributed by atoms with Gasteiger partial charge in [0.2, 0.25) is 0 Å². The lowest BCUT2D eigenvalue weighted by Crippen LogP contribution is -2.14. The number of hydrogen-bond donors (Lipinski definition) is 0. The molecule has 0 N–H and O–H groups in total. The normalized spacial score (nSPS) is 25.9. The van der Waals surface area contributed by atoms with Crippen LogP contribution in [0.15, 0.2) is 18.2 Å². The molecule has 1 heterocycles. The standard InChI is InChI=1S/C13H16BrClO2/c1-8-3-5-12(17-8)13(14)9-4-6-11(16-2)10(15)7-9/h4,6-8,12-13H,3,5H2,1-2H3. The highest BCUT2D eigenvalue weighted by molar-refractivity contribution is 9.09. The average molecular weight is 320 g/mol. The Labute approximate surface area is 115 Å². The molecule has 0 spiro atoms. The van der Waals surface area contributed by atoms with Crippen LogP contribution < -0.4 is 4.74 Å². The Morgan fingerprint density at radius 3 is 2.76 bits per heavy atom. The number of ether oxygens (including phenoxy) is 2. The van der Waals surface area contributed by atoms with E-state index in [9.17, 15) is 0 Å². The van der Waals surface area contributed by atoms with E-state index in [2.05, 4.69) is 22.9 Å². The largest absolute Gasteiger partial charge is 0.495 e. The molecule has 1 saturated heterocycles. The number of rotatable bonds is 3. The second-order valence-corrected chi connectivity index (χ2v) is 5.75. The minimum atomic E-state index is 0.191. The van der Waals surface area contributed by atoms with Crippen LogP contribution >= 0.6 is 27.5 Å². The van der Waals surface area contributed by atoms with Crippen molar-refractivity contribution in [1.29, 1.82) is 0 Å². The van der Waals surface area contributed by atoms with Crippen LogP contribution in [0.25, 0.3) is 0 Å². The summed E-state index contributed by atoms with van der Waals surface area (Å²) in [5.41, 5.74) is 1.13. The van der Waals surface area contributed by atoms with Gasteiger partial charge in [-0.1, -0.05) is 33.6 Å². The lowest BCUT2D eigenvalue weighted by molar-refractivity contribution is 0.0557. The third-order valence-corrected chi connectivity index (χ3v) is 4.50. The van der Waals surface area contributed by atoms with E-state index in [4.69, 9.17) is 21.1 Å². The molecule has 1 fully saturated rings. The van der Waals surface area contributed by atoms with Gasteiger partial charge in [-0.15, -0.1) is 0 Å². The van der Waals surface area contributed by atoms with E-state index in [0.717, 1.165) is 18.4 Å². The van der Waals surface area contributed by atoms with Gasteiger partial charge in [0.05, 0.1) is 29.2 Å². The van der Waals surface area contributed by atoms with Crippen LogP contribution in [-0.4, -0.2) is 19.3 Å². The highest BCUT2D eigenvalue weighted by atomic mass is 79.9. The second kappa shape index (κ2) is 5.59. The molecule has 1 aliphatic heterocycles. The number of hydrogen-bond acceptors (Lipinski definition) is 2. The molecule has 0 saturated carbocycles. The van der Waals surface area contributed by atoms with Gasteiger partial charge in [-0.25, -0.2) is 0 Å². The van der Waals surface area contributed by atoms with Gasteiger partial charge in [0, 0.05) is 0 Å². The van der Waals surface area contributed by atoms with Crippen molar-refractivity contribution in [3.05, 3.63) is 28.8 Å². The van der Waals surface area contributed by atoms with E-state index >= 15 is 0 Å². The SMILES string of the molecule is COc1ccc(C(Br)C2CCC(C)O2)cc1Cl. The molecule has 1 aromatic rings. The molecule has 0 radical (unpaired) electrons. The minimum absolute atomic E-state index is 0.191. The van der Waals surface area contributed by atoms with Crippen molar-refractivity contribution < 1.29 is 9.47 Å². The molecule has 0 amide bonds. The van der Waals surface area contributed by atoms with Gasteiger partial charge < -0.3 is 9.47 Å². The minimum Gasteiger partial charge on any atom is -0.495 e. The van der Waals surface area contributed by atoms with Gasteiger partial charge in [-0.05, 0) is 37.5 Å². The number of halogens is 2. The lowest BCUT2D eigenvalue weighted by Gasteiger charge is -2.19. The van der Waals surface area contributed by atoms with Gasteiger partial charge in [0.1, 0.15) is 5.75 Å². The highest BCUT2D eigenvalue weighted by Crippen LogP contribution is 2.38. The monoisotopic (exact) mass is 318 g/mol. The zero-order valence-corrected chi connectivity index (χ0v) is 12.3. The van der Waals surface area contributed by atoms with Gasteiger partial charge in [-0.3, -0.25) is 0 Å². The molecule has 4 heteroatoms. The van der Waals surface area contributed by atoms with Crippen LogP contribution in [0.3, 0.4) is 0 Å². The third kappa shape index (κ3) is 2.95. The smallest absolute Gasteiger partial charge is 0.137 e. The van der Waals surface area contributed by atoms with Crippen LogP contribution in [0.5, 0.6) is 5.75 Å². The van der Waals surface area contributed by atoms with Gasteiger partial charge in [0.25, 0.3) is 0 Å². The van der Waals surface area contributed by atoms with Crippen LogP contribution in [0.1, 0.15) is 30.2 Å². The summed E-state index contributed by atoms with van der Waals surface area (Å²) in [5, 5.41) is 0.639. The molecule has 3 atom stereocenters. The third-order valence-electron chi connectivity index (χ3n) is 3.09. The molecule has 2 rings (SSSR count). The summed E-state index contributed by atoms with van der Waals surface area (Å²) < 4.78 is 11.0. The average Bonchev–Trinajstić information content (AvgIpc) is 2.75. The van der Waals surface area contributed by atoms with Crippen LogP contribution in [0.4, 0.5) is 0 Å². The van der Waals surface area contributed by atoms with E-state index in [-0.39, 0.29) is 10.9 Å². The Morgan fingerprint density at radius 1 is 1.47 bits per heavy atom. The fourth-order valence-corrected chi connectivity index (χ4v) is 3.06. The van der Waals surface area contributed by atoms with E-state index in [1.165, 1.54) is 0 Å². The van der Waals surface area contributed by atoms with E-state index in [0.29, 0.717) is 16.9 Å². The van der Waals surface area contributed by atoms with Crippen molar-refractivity contribution >= 4 is 27.5 Å². The Kier molecular flexibility index (Phi) is 4.34. The second-order valence-electron chi connectivity index (χ2n) is 4.36. The molecule has 1 aromatic carbocycles. The van der Waals surface area contributed by atoms with Crippen molar-refractivity contribution in [2.45, 2.75) is 36.8 Å². The topological polar surface area (TPSA) is 18.5 Å². The summed E-state index contributed by atoms with van der Waals surface area (Å²) in [6, 6.07) is 5.85. The molecule has 0 aliphatic carbocycles. The highest BCUT2D eigenvalue weighted by Gasteiger charge is 2.29. The lowest BCUT2D eigenvalue weighted by atomic mass is 10.1. The molecule has 2 nitrogen and oxygen atoms in total. The summed E-state index contributed by atoms with van der Waals surface area (Å²) in [4.78, 5) is 0.191. The van der Waals surface area contributed by atoms with Crippen molar-refractivity contribution in [2.75, 3.05) is 7.11 Å². The molecular formula is C13H16BrClO2. The van der Waals surface area contributed by atoms with Crippen molar-refractivity contribution in [3.8, 4) is 5.75 Å². The van der Waals surface area contributed by atoms with E-state index in [1.807, 2.05) is 18.2 Å². The maximum Gasteiger partial charge on any atom is 0.137 e. The summed E-state index contributed by atoms with van der Waals surface area (Å²) in [7, 11) is 1.62. The predicted molar refractivity (Wildman–Crippen MR) is 73.2 cm³/mol. The molecule has 1 aliphatic rings. The summed E-state index contributed by atoms with van der Waals surface area (Å²) in [5.74, 6) is 0.704. The van der Waals surface area contributed by atoms with E-state index in [1.54, 1.807) is 7.11 Å². The fourth-order valence-electron chi connectivity index (χ4n) is 2.12. The van der Waals surface area contributed by atoms with Crippen LogP contribution in [0, 0.1) is 0 Å². The van der Waals surface area contributed by atoms with E-state index < -0.39 is 0 Å². The summed E-state index contributed by atoms with van der Waals surface area (Å²) >= 11 is 9.82. The van der Waals surface area contributed by atoms with Crippen LogP contribution in [0.2, 0.25) is 5.02 Å². The first-order chi connectivity index (χ1) is 8.11. The number of methoxy groups -OCH3 is 1. The predicted octanol–water partition coefficient (Wildman–Crippen LogP) is 4.35. The zero-order chi connectivity index (χ0) is 12.4. The first-order valence-electron chi connectivity index (χ1n) is 5.74. The Balaban J connectivity index is 2.14. The first kappa shape index (κ1) is 13.2. The first-order valence-corrected chi connectivity index (χ1v) is 7.04. The Morgan fingerprint density at radius 2 is 2.24 bits per heavy atom. The van der Waals surface area contributed by atoms with Crippen LogP contribution in [-0.2, 0) is 4.74 Å². The molecule has 0 bridgehead atoms. The maximum atomic E-state index is 6.12. The molecular weight excluding hydrogens is 303 g/mol. The van der Waals surface area contributed by atoms with Crippen molar-refractivity contribution in [1.82, 2.24) is 0 Å². The molecule has 3 unspecified atom stereocenters. The molecule has 17 heavy (non-hydrogen) atoms. The quantitative estimate of drug-likeness (QED) is 0.771. The number of alkyl halides is 1. The van der Waals surface area contributed by atoms with Gasteiger partial charge >= 0.3 is 0 Å². The van der Waals surface area contributed by atoms with Gasteiger partial charge in [-0.2, -0.15) is 0 Å². The molecule has 94 valence electrons. The van der Waals surface area contributed by atoms with Crippen molar-refractivity contribution in [2.24, 2.45) is 0 Å². The summed E-state index contributed by atoms with van der Waals surface area (Å²) in [6.45, 7) is 2.11. The summed E-state index contributed by atoms with van der Waals surface area (Å²) in [6.07, 6.45) is 2.79. The Hall–Kier alpha value is -0.250. The fraction of sp³-hybridized carbons (Fsp3) is 0.538. The zero-order valence-electron chi connectivity index (χ0n) is 9.95. The Bertz CT molecular complexity index is 397. The molecule has 0 aromatic heterocycles. The van der Waals surface area contributed by atoms with Crippen molar-refractivity contribution in [3.63, 3.8) is 0 Å². The maximum absolute atomic E-state index is 6.12.